The van der Waals surface area contributed by atoms with E-state index in [1.165, 1.54) is 128 Å². The zero-order valence-corrected chi connectivity index (χ0v) is 36.3. The summed E-state index contributed by atoms with van der Waals surface area (Å²) in [6.45, 7) is 3.24. The fraction of sp³-hybridized carbons (Fsp3) is 0.907. The van der Waals surface area contributed by atoms with E-state index in [1.807, 2.05) is 0 Å². The highest BCUT2D eigenvalue weighted by Gasteiger charge is 2.51. The van der Waals surface area contributed by atoms with Crippen LogP contribution in [-0.2, 0) is 32.7 Å². The molecule has 6 N–H and O–H groups in total. The lowest BCUT2D eigenvalue weighted by Gasteiger charge is -2.41. The SMILES string of the molecule is CCCCCCCCCCCCCCCC=CC(=O)OC(COC(=O)CCCCCCCCCCCCCCC)COP(=O)(O)OC1C(O)C(O)C(O)C(O)C1O. The van der Waals surface area contributed by atoms with Crippen molar-refractivity contribution in [2.24, 2.45) is 0 Å². The molecular formula is C43H81O13P. The van der Waals surface area contributed by atoms with Gasteiger partial charge in [-0.2, -0.15) is 0 Å². The first kappa shape index (κ1) is 53.6. The van der Waals surface area contributed by atoms with Gasteiger partial charge in [0.1, 0.15) is 43.2 Å². The molecule has 0 saturated heterocycles. The minimum absolute atomic E-state index is 0.161. The molecule has 6 atom stereocenters. The van der Waals surface area contributed by atoms with Crippen LogP contribution >= 0.6 is 7.82 Å². The molecule has 14 heteroatoms. The lowest BCUT2D eigenvalue weighted by molar-refractivity contribution is -0.220. The second-order valence-corrected chi connectivity index (χ2v) is 17.4. The summed E-state index contributed by atoms with van der Waals surface area (Å²) in [5.74, 6) is -1.28. The monoisotopic (exact) mass is 837 g/mol. The number of rotatable bonds is 37. The van der Waals surface area contributed by atoms with E-state index in [4.69, 9.17) is 18.5 Å². The van der Waals surface area contributed by atoms with Crippen molar-refractivity contribution in [3.63, 3.8) is 0 Å². The zero-order valence-electron chi connectivity index (χ0n) is 35.4. The normalized spacial score (nSPS) is 22.7. The molecule has 1 aliphatic rings. The number of phosphoric ester groups is 1. The van der Waals surface area contributed by atoms with Gasteiger partial charge in [0.15, 0.2) is 6.10 Å². The number of aliphatic hydroxyl groups is 5. The van der Waals surface area contributed by atoms with Crippen LogP contribution < -0.4 is 0 Å². The van der Waals surface area contributed by atoms with Crippen molar-refractivity contribution in [2.75, 3.05) is 13.2 Å². The summed E-state index contributed by atoms with van der Waals surface area (Å²) in [5, 5.41) is 50.0. The topological polar surface area (TPSA) is 210 Å². The first-order valence-corrected chi connectivity index (χ1v) is 24.0. The van der Waals surface area contributed by atoms with E-state index in [1.54, 1.807) is 6.08 Å². The largest absolute Gasteiger partial charge is 0.472 e. The van der Waals surface area contributed by atoms with Crippen molar-refractivity contribution in [2.45, 2.75) is 236 Å². The van der Waals surface area contributed by atoms with Gasteiger partial charge in [-0.3, -0.25) is 13.8 Å². The maximum Gasteiger partial charge on any atom is 0.472 e. The minimum atomic E-state index is -5.12. The summed E-state index contributed by atoms with van der Waals surface area (Å²) in [6, 6.07) is 0. The molecule has 0 aromatic heterocycles. The quantitative estimate of drug-likeness (QED) is 0.0151. The standard InChI is InChI=1S/C43H81O13P/c1-3-5-7-9-11-13-15-17-18-20-22-24-26-28-30-32-37(45)55-35(34-54-57(51,52)56-43-41(49)39(47)38(46)40(48)42(43)50)33-53-36(44)31-29-27-25-23-21-19-16-14-12-10-8-6-4-2/h30,32,35,38-43,46-50H,3-29,31,33-34H2,1-2H3,(H,51,52). The molecule has 1 rings (SSSR count). The van der Waals surface area contributed by atoms with E-state index in [0.717, 1.165) is 38.5 Å². The number of hydrogen-bond acceptors (Lipinski definition) is 12. The molecule has 57 heavy (non-hydrogen) atoms. The predicted octanol–water partition coefficient (Wildman–Crippen LogP) is 8.28. The smallest absolute Gasteiger partial charge is 0.462 e. The third kappa shape index (κ3) is 27.1. The first-order chi connectivity index (χ1) is 27.4. The lowest BCUT2D eigenvalue weighted by Crippen LogP contribution is -2.64. The Morgan fingerprint density at radius 3 is 1.39 bits per heavy atom. The predicted molar refractivity (Wildman–Crippen MR) is 221 cm³/mol. The van der Waals surface area contributed by atoms with Gasteiger partial charge in [0.25, 0.3) is 0 Å². The maximum atomic E-state index is 12.8. The third-order valence-corrected chi connectivity index (χ3v) is 11.7. The Bertz CT molecular complexity index is 1060. The van der Waals surface area contributed by atoms with E-state index in [9.17, 15) is 44.6 Å². The van der Waals surface area contributed by atoms with Gasteiger partial charge in [0.2, 0.25) is 0 Å². The maximum absolute atomic E-state index is 12.8. The fourth-order valence-electron chi connectivity index (χ4n) is 7.01. The Morgan fingerprint density at radius 1 is 0.561 bits per heavy atom. The number of ether oxygens (including phenoxy) is 2. The van der Waals surface area contributed by atoms with Crippen molar-refractivity contribution in [3.05, 3.63) is 12.2 Å². The van der Waals surface area contributed by atoms with Crippen LogP contribution in [0.25, 0.3) is 0 Å². The Morgan fingerprint density at radius 2 is 0.947 bits per heavy atom. The molecule has 1 aliphatic carbocycles. The lowest BCUT2D eigenvalue weighted by atomic mass is 9.85. The molecule has 1 saturated carbocycles. The summed E-state index contributed by atoms with van der Waals surface area (Å²) in [5.41, 5.74) is 0. The molecule has 336 valence electrons. The van der Waals surface area contributed by atoms with Crippen molar-refractivity contribution < 1.29 is 63.1 Å². The fourth-order valence-corrected chi connectivity index (χ4v) is 7.98. The highest BCUT2D eigenvalue weighted by Crippen LogP contribution is 2.47. The Kier molecular flexibility index (Phi) is 32.3. The van der Waals surface area contributed by atoms with Gasteiger partial charge in [-0.1, -0.05) is 174 Å². The molecule has 0 radical (unpaired) electrons. The zero-order chi connectivity index (χ0) is 42.2. The van der Waals surface area contributed by atoms with E-state index in [0.29, 0.717) is 12.8 Å². The number of allylic oxidation sites excluding steroid dienone is 1. The van der Waals surface area contributed by atoms with Crippen LogP contribution in [0.2, 0.25) is 0 Å². The number of phosphoric acid groups is 1. The molecule has 1 fully saturated rings. The van der Waals surface area contributed by atoms with Crippen LogP contribution in [0.4, 0.5) is 0 Å². The van der Waals surface area contributed by atoms with Crippen molar-refractivity contribution in [1.29, 1.82) is 0 Å². The molecule has 0 aliphatic heterocycles. The molecule has 0 spiro atoms. The number of carbonyl (C=O) groups is 2. The first-order valence-electron chi connectivity index (χ1n) is 22.5. The summed E-state index contributed by atoms with van der Waals surface area (Å²) < 4.78 is 33.3. The summed E-state index contributed by atoms with van der Waals surface area (Å²) >= 11 is 0. The number of unbranched alkanes of at least 4 members (excludes halogenated alkanes) is 25. The van der Waals surface area contributed by atoms with Crippen LogP contribution in [0.1, 0.15) is 194 Å². The summed E-state index contributed by atoms with van der Waals surface area (Å²) in [7, 11) is -5.12. The van der Waals surface area contributed by atoms with Gasteiger partial charge in [-0.15, -0.1) is 0 Å². The average molecular weight is 837 g/mol. The van der Waals surface area contributed by atoms with E-state index in [-0.39, 0.29) is 6.42 Å². The van der Waals surface area contributed by atoms with Gasteiger partial charge in [0, 0.05) is 12.5 Å². The number of hydrogen-bond donors (Lipinski definition) is 6. The highest BCUT2D eigenvalue weighted by atomic mass is 31.2. The molecule has 0 bridgehead atoms. The second kappa shape index (κ2) is 34.3. The van der Waals surface area contributed by atoms with Crippen molar-refractivity contribution >= 4 is 19.8 Å². The number of esters is 2. The van der Waals surface area contributed by atoms with Crippen LogP contribution in [0.5, 0.6) is 0 Å². The second-order valence-electron chi connectivity index (χ2n) is 16.0. The van der Waals surface area contributed by atoms with Gasteiger partial charge in [0.05, 0.1) is 6.61 Å². The molecule has 0 heterocycles. The highest BCUT2D eigenvalue weighted by molar-refractivity contribution is 7.47. The van der Waals surface area contributed by atoms with Gasteiger partial charge in [-0.25, -0.2) is 9.36 Å². The van der Waals surface area contributed by atoms with Crippen LogP contribution in [0, 0.1) is 0 Å². The minimum Gasteiger partial charge on any atom is -0.462 e. The summed E-state index contributed by atoms with van der Waals surface area (Å²) in [4.78, 5) is 35.5. The van der Waals surface area contributed by atoms with Gasteiger partial charge >= 0.3 is 19.8 Å². The van der Waals surface area contributed by atoms with Gasteiger partial charge in [-0.05, 0) is 19.3 Å². The van der Waals surface area contributed by atoms with Gasteiger partial charge < -0.3 is 39.9 Å². The third-order valence-electron chi connectivity index (χ3n) is 10.7. The van der Waals surface area contributed by atoms with Crippen molar-refractivity contribution in [1.82, 2.24) is 0 Å². The molecule has 0 amide bonds. The van der Waals surface area contributed by atoms with Crippen molar-refractivity contribution in [3.8, 4) is 0 Å². The van der Waals surface area contributed by atoms with E-state index in [2.05, 4.69) is 13.8 Å². The van der Waals surface area contributed by atoms with E-state index < -0.39 is 75.7 Å². The molecular weight excluding hydrogens is 755 g/mol. The number of aliphatic hydroxyl groups excluding tert-OH is 5. The molecule has 0 aromatic carbocycles. The Balaban J connectivity index is 2.50. The van der Waals surface area contributed by atoms with Crippen LogP contribution in [0.15, 0.2) is 12.2 Å². The van der Waals surface area contributed by atoms with Crippen LogP contribution in [0.3, 0.4) is 0 Å². The van der Waals surface area contributed by atoms with Crippen LogP contribution in [-0.4, -0.2) is 98.3 Å². The summed E-state index contributed by atoms with van der Waals surface area (Å²) in [6.07, 6.45) is 21.7. The molecule has 0 aromatic rings. The molecule has 13 nitrogen and oxygen atoms in total. The van der Waals surface area contributed by atoms with E-state index >= 15 is 0 Å². The average Bonchev–Trinajstić information content (AvgIpc) is 3.19. The Labute approximate surface area is 343 Å². The number of carbonyl (C=O) groups excluding carboxylic acids is 2. The molecule has 6 unspecified atom stereocenters. The Hall–Kier alpha value is -1.41.